The Bertz CT molecular complexity index is 769. The van der Waals surface area contributed by atoms with E-state index in [1.54, 1.807) is 11.1 Å². The summed E-state index contributed by atoms with van der Waals surface area (Å²) >= 11 is 0. The van der Waals surface area contributed by atoms with Gasteiger partial charge in [-0.15, -0.1) is 0 Å². The van der Waals surface area contributed by atoms with E-state index in [1.165, 1.54) is 6.07 Å². The third-order valence-corrected chi connectivity index (χ3v) is 4.15. The van der Waals surface area contributed by atoms with Crippen molar-refractivity contribution in [3.8, 4) is 0 Å². The Hall–Kier alpha value is -2.64. The van der Waals surface area contributed by atoms with Crippen LogP contribution in [0, 0.1) is 5.92 Å². The van der Waals surface area contributed by atoms with Gasteiger partial charge in [0.05, 0.1) is 0 Å². The van der Waals surface area contributed by atoms with Crippen molar-refractivity contribution in [2.75, 3.05) is 13.1 Å². The smallest absolute Gasteiger partial charge is 0.265 e. The third kappa shape index (κ3) is 3.77. The molecule has 0 unspecified atom stereocenters. The molecule has 3 heterocycles. The summed E-state index contributed by atoms with van der Waals surface area (Å²) in [7, 11) is 0. The SMILES string of the molecule is O=C(Cn1[nH]c(=O)ccc1=O)N1CCC(Cn2cccn2)CC1. The minimum Gasteiger partial charge on any atom is -0.341 e. The highest BCUT2D eigenvalue weighted by molar-refractivity contribution is 5.75. The van der Waals surface area contributed by atoms with Crippen molar-refractivity contribution in [3.05, 3.63) is 51.3 Å². The molecule has 23 heavy (non-hydrogen) atoms. The van der Waals surface area contributed by atoms with Gasteiger partial charge in [-0.05, 0) is 24.8 Å². The lowest BCUT2D eigenvalue weighted by molar-refractivity contribution is -0.133. The molecule has 8 nitrogen and oxygen atoms in total. The number of piperidine rings is 1. The number of likely N-dealkylation sites (tertiary alicyclic amines) is 1. The first-order chi connectivity index (χ1) is 11.1. The molecule has 0 atom stereocenters. The monoisotopic (exact) mass is 317 g/mol. The number of rotatable bonds is 4. The quantitative estimate of drug-likeness (QED) is 0.836. The molecule has 8 heteroatoms. The van der Waals surface area contributed by atoms with Crippen LogP contribution in [0.4, 0.5) is 0 Å². The minimum absolute atomic E-state index is 0.126. The molecule has 122 valence electrons. The minimum atomic E-state index is -0.393. The maximum Gasteiger partial charge on any atom is 0.265 e. The van der Waals surface area contributed by atoms with E-state index in [-0.39, 0.29) is 18.0 Å². The number of H-pyrrole nitrogens is 1. The van der Waals surface area contributed by atoms with Gasteiger partial charge in [-0.1, -0.05) is 0 Å². The zero-order valence-electron chi connectivity index (χ0n) is 12.7. The topological polar surface area (TPSA) is 93.0 Å². The summed E-state index contributed by atoms with van der Waals surface area (Å²) in [6, 6.07) is 4.23. The van der Waals surface area contributed by atoms with E-state index in [4.69, 9.17) is 0 Å². The molecule has 1 amide bonds. The number of nitrogens with one attached hydrogen (secondary N) is 1. The second-order valence-corrected chi connectivity index (χ2v) is 5.79. The van der Waals surface area contributed by atoms with Crippen molar-refractivity contribution >= 4 is 5.91 Å². The Morgan fingerprint density at radius 3 is 2.74 bits per heavy atom. The molecular weight excluding hydrogens is 298 g/mol. The summed E-state index contributed by atoms with van der Waals surface area (Å²) in [6.45, 7) is 2.06. The molecule has 1 saturated heterocycles. The van der Waals surface area contributed by atoms with E-state index < -0.39 is 5.56 Å². The lowest BCUT2D eigenvalue weighted by atomic mass is 9.97. The first kappa shape index (κ1) is 15.3. The molecule has 0 aromatic carbocycles. The predicted octanol–water partition coefficient (Wildman–Crippen LogP) is -0.328. The van der Waals surface area contributed by atoms with E-state index in [9.17, 15) is 14.4 Å². The van der Waals surface area contributed by atoms with Crippen LogP contribution >= 0.6 is 0 Å². The van der Waals surface area contributed by atoms with Crippen LogP contribution in [-0.2, 0) is 17.9 Å². The standard InChI is InChI=1S/C15H19N5O3/c21-13-2-3-14(22)20(17-13)11-15(23)18-8-4-12(5-9-18)10-19-7-1-6-16-19/h1-3,6-7,12H,4-5,8-11H2,(H,17,21). The van der Waals surface area contributed by atoms with Crippen molar-refractivity contribution in [2.24, 2.45) is 5.92 Å². The molecule has 2 aromatic heterocycles. The summed E-state index contributed by atoms with van der Waals surface area (Å²) in [5.41, 5.74) is -0.776. The number of hydrogen-bond acceptors (Lipinski definition) is 4. The molecule has 0 saturated carbocycles. The fourth-order valence-electron chi connectivity index (χ4n) is 2.85. The van der Waals surface area contributed by atoms with Crippen LogP contribution in [0.2, 0.25) is 0 Å². The fourth-order valence-corrected chi connectivity index (χ4v) is 2.85. The molecule has 2 aromatic rings. The van der Waals surface area contributed by atoms with E-state index in [0.29, 0.717) is 19.0 Å². The van der Waals surface area contributed by atoms with Gasteiger partial charge < -0.3 is 4.90 Å². The number of carbonyl (C=O) groups excluding carboxylic acids is 1. The molecule has 0 bridgehead atoms. The second kappa shape index (κ2) is 6.64. The van der Waals surface area contributed by atoms with Crippen molar-refractivity contribution in [1.29, 1.82) is 0 Å². The number of carbonyl (C=O) groups is 1. The van der Waals surface area contributed by atoms with Crippen LogP contribution in [-0.4, -0.2) is 43.5 Å². The van der Waals surface area contributed by atoms with E-state index >= 15 is 0 Å². The fraction of sp³-hybridized carbons (Fsp3) is 0.467. The zero-order valence-corrected chi connectivity index (χ0v) is 12.7. The summed E-state index contributed by atoms with van der Waals surface area (Å²) < 4.78 is 2.97. The normalized spacial score (nSPS) is 15.7. The number of amides is 1. The highest BCUT2D eigenvalue weighted by Gasteiger charge is 2.23. The molecular formula is C15H19N5O3. The average Bonchev–Trinajstić information content (AvgIpc) is 3.04. The van der Waals surface area contributed by atoms with Crippen molar-refractivity contribution in [2.45, 2.75) is 25.9 Å². The molecule has 1 aliphatic heterocycles. The van der Waals surface area contributed by atoms with E-state index in [1.807, 2.05) is 16.9 Å². The maximum atomic E-state index is 12.3. The van der Waals surface area contributed by atoms with Crippen molar-refractivity contribution < 1.29 is 4.79 Å². The lowest BCUT2D eigenvalue weighted by Crippen LogP contribution is -2.43. The first-order valence-electron chi connectivity index (χ1n) is 7.67. The van der Waals surface area contributed by atoms with Gasteiger partial charge in [-0.2, -0.15) is 5.10 Å². The van der Waals surface area contributed by atoms with Crippen LogP contribution in [0.5, 0.6) is 0 Å². The van der Waals surface area contributed by atoms with Crippen molar-refractivity contribution in [3.63, 3.8) is 0 Å². The molecule has 0 aliphatic carbocycles. The van der Waals surface area contributed by atoms with Crippen molar-refractivity contribution in [1.82, 2.24) is 24.5 Å². The van der Waals surface area contributed by atoms with Gasteiger partial charge in [0.2, 0.25) is 5.91 Å². The highest BCUT2D eigenvalue weighted by Crippen LogP contribution is 2.19. The number of aromatic amines is 1. The summed E-state index contributed by atoms with van der Waals surface area (Å²) in [5, 5.41) is 6.58. The molecule has 1 aliphatic rings. The maximum absolute atomic E-state index is 12.3. The number of nitrogens with zero attached hydrogens (tertiary/aromatic N) is 4. The Kier molecular flexibility index (Phi) is 4.40. The summed E-state index contributed by atoms with van der Waals surface area (Å²) in [5.74, 6) is 0.352. The lowest BCUT2D eigenvalue weighted by Gasteiger charge is -2.32. The number of aromatic nitrogens is 4. The average molecular weight is 317 g/mol. The van der Waals surface area contributed by atoms with E-state index in [0.717, 1.165) is 30.1 Å². The molecule has 1 fully saturated rings. The van der Waals surface area contributed by atoms with Gasteiger partial charge in [0.15, 0.2) is 0 Å². The Morgan fingerprint density at radius 1 is 1.26 bits per heavy atom. The molecule has 3 rings (SSSR count). The van der Waals surface area contributed by atoms with Crippen LogP contribution in [0.1, 0.15) is 12.8 Å². The van der Waals surface area contributed by atoms with E-state index in [2.05, 4.69) is 10.2 Å². The van der Waals surface area contributed by atoms with Gasteiger partial charge in [0, 0.05) is 44.2 Å². The first-order valence-corrected chi connectivity index (χ1v) is 7.67. The largest absolute Gasteiger partial charge is 0.341 e. The van der Waals surface area contributed by atoms with Gasteiger partial charge in [-0.25, -0.2) is 4.68 Å². The number of hydrogen-bond donors (Lipinski definition) is 1. The van der Waals surface area contributed by atoms with Gasteiger partial charge in [0.1, 0.15) is 6.54 Å². The van der Waals surface area contributed by atoms with Gasteiger partial charge in [0.25, 0.3) is 11.1 Å². The Morgan fingerprint density at radius 2 is 2.04 bits per heavy atom. The molecule has 0 spiro atoms. The van der Waals surface area contributed by atoms with Crippen LogP contribution in [0.3, 0.4) is 0 Å². The zero-order chi connectivity index (χ0) is 16.2. The van der Waals surface area contributed by atoms with Crippen LogP contribution < -0.4 is 11.1 Å². The predicted molar refractivity (Wildman–Crippen MR) is 82.9 cm³/mol. The summed E-state index contributed by atoms with van der Waals surface area (Å²) in [4.78, 5) is 36.9. The van der Waals surface area contributed by atoms with Gasteiger partial charge in [-0.3, -0.25) is 24.2 Å². The summed E-state index contributed by atoms with van der Waals surface area (Å²) in [6.07, 6.45) is 5.52. The van der Waals surface area contributed by atoms with Crippen LogP contribution in [0.15, 0.2) is 40.2 Å². The van der Waals surface area contributed by atoms with Crippen LogP contribution in [0.25, 0.3) is 0 Å². The Labute approximate surface area is 132 Å². The molecule has 1 N–H and O–H groups in total. The third-order valence-electron chi connectivity index (χ3n) is 4.15. The molecule has 0 radical (unpaired) electrons. The Balaban J connectivity index is 1.55. The second-order valence-electron chi connectivity index (χ2n) is 5.79. The highest BCUT2D eigenvalue weighted by atomic mass is 16.2. The van der Waals surface area contributed by atoms with Gasteiger partial charge >= 0.3 is 0 Å².